The number of hydrogen-bond acceptors (Lipinski definition) is 4. The van der Waals surface area contributed by atoms with Crippen LogP contribution < -0.4 is 0 Å². The Balaban J connectivity index is 3.32. The number of carbonyl (C=O) groups excluding carboxylic acids is 1. The highest BCUT2D eigenvalue weighted by atomic mass is 28.4. The van der Waals surface area contributed by atoms with Crippen molar-refractivity contribution < 1.29 is 19.1 Å². The molecule has 0 aromatic heterocycles. The number of allylic oxidation sites excluding steroid dienone is 1. The fourth-order valence-electron chi connectivity index (χ4n) is 3.69. The summed E-state index contributed by atoms with van der Waals surface area (Å²) in [6, 6.07) is 0. The van der Waals surface area contributed by atoms with Gasteiger partial charge in [0.25, 0.3) is 0 Å². The van der Waals surface area contributed by atoms with Crippen LogP contribution in [0.1, 0.15) is 40.5 Å². The first-order valence-corrected chi connectivity index (χ1v) is 11.9. The summed E-state index contributed by atoms with van der Waals surface area (Å²) >= 11 is 0. The minimum Gasteiger partial charge on any atom is -0.462 e. The van der Waals surface area contributed by atoms with E-state index in [1.54, 1.807) is 12.2 Å². The minimum atomic E-state index is -1.82. The molecule has 0 saturated heterocycles. The third-order valence-electron chi connectivity index (χ3n) is 3.99. The van der Waals surface area contributed by atoms with E-state index in [1.807, 2.05) is 6.08 Å². The number of aliphatic hydroxyl groups is 1. The van der Waals surface area contributed by atoms with Gasteiger partial charge >= 0.3 is 5.97 Å². The Hall–Kier alpha value is -1.13. The molecule has 0 unspecified atom stereocenters. The van der Waals surface area contributed by atoms with Crippen molar-refractivity contribution in [3.8, 4) is 0 Å². The number of aliphatic hydroxyl groups excluding tert-OH is 1. The van der Waals surface area contributed by atoms with Crippen LogP contribution in [0.2, 0.25) is 19.6 Å². The highest BCUT2D eigenvalue weighted by Crippen LogP contribution is 2.49. The van der Waals surface area contributed by atoms with Crippen molar-refractivity contribution in [3.05, 3.63) is 29.5 Å². The molecule has 0 amide bonds. The second kappa shape index (κ2) is 7.83. The molecule has 1 rings (SSSR count). The second-order valence-corrected chi connectivity index (χ2v) is 12.7. The first-order chi connectivity index (χ1) is 10.9. The summed E-state index contributed by atoms with van der Waals surface area (Å²) in [5.74, 6) is -0.250. The number of rotatable bonds is 5. The highest BCUT2D eigenvalue weighted by molar-refractivity contribution is 6.69. The molecular formula is C19H32O4Si. The van der Waals surface area contributed by atoms with E-state index >= 15 is 0 Å². The molecule has 136 valence electrons. The van der Waals surface area contributed by atoms with E-state index in [1.165, 1.54) is 6.92 Å². The average Bonchev–Trinajstić information content (AvgIpc) is 2.32. The Morgan fingerprint density at radius 3 is 2.46 bits per heavy atom. The van der Waals surface area contributed by atoms with Gasteiger partial charge in [-0.1, -0.05) is 26.0 Å². The van der Waals surface area contributed by atoms with Crippen molar-refractivity contribution in [1.82, 2.24) is 0 Å². The number of esters is 1. The Labute approximate surface area is 147 Å². The van der Waals surface area contributed by atoms with Gasteiger partial charge < -0.3 is 14.3 Å². The van der Waals surface area contributed by atoms with Gasteiger partial charge in [0, 0.05) is 18.9 Å². The van der Waals surface area contributed by atoms with Gasteiger partial charge in [0.2, 0.25) is 0 Å². The van der Waals surface area contributed by atoms with Crippen molar-refractivity contribution in [1.29, 1.82) is 0 Å². The van der Waals surface area contributed by atoms with Crippen molar-refractivity contribution >= 4 is 14.3 Å². The highest BCUT2D eigenvalue weighted by Gasteiger charge is 2.49. The smallest absolute Gasteiger partial charge is 0.302 e. The summed E-state index contributed by atoms with van der Waals surface area (Å²) < 4.78 is 12.1. The van der Waals surface area contributed by atoms with Crippen LogP contribution in [0.4, 0.5) is 0 Å². The Morgan fingerprint density at radius 1 is 1.33 bits per heavy atom. The lowest BCUT2D eigenvalue weighted by atomic mass is 9.65. The molecule has 1 N–H and O–H groups in total. The molecule has 0 heterocycles. The Morgan fingerprint density at radius 2 is 1.96 bits per heavy atom. The maximum absolute atomic E-state index is 11.4. The van der Waals surface area contributed by atoms with Crippen LogP contribution in [0, 0.1) is 5.41 Å². The maximum Gasteiger partial charge on any atom is 0.302 e. The van der Waals surface area contributed by atoms with E-state index in [2.05, 4.69) is 46.1 Å². The van der Waals surface area contributed by atoms with E-state index < -0.39 is 13.9 Å². The van der Waals surface area contributed by atoms with Crippen LogP contribution in [0.5, 0.6) is 0 Å². The third kappa shape index (κ3) is 6.06. The lowest BCUT2D eigenvalue weighted by molar-refractivity contribution is -0.152. The molecule has 1 aliphatic rings. The lowest BCUT2D eigenvalue weighted by Crippen LogP contribution is -2.52. The third-order valence-corrected chi connectivity index (χ3v) is 5.05. The summed E-state index contributed by atoms with van der Waals surface area (Å²) in [6.07, 6.45) is 6.51. The molecule has 0 aromatic rings. The van der Waals surface area contributed by atoms with Gasteiger partial charge in [-0.2, -0.15) is 0 Å². The van der Waals surface area contributed by atoms with Gasteiger partial charge in [0.05, 0.1) is 12.2 Å². The molecule has 0 aliphatic heterocycles. The quantitative estimate of drug-likeness (QED) is 0.352. The maximum atomic E-state index is 11.4. The molecular weight excluding hydrogens is 320 g/mol. The first-order valence-electron chi connectivity index (χ1n) is 8.51. The van der Waals surface area contributed by atoms with Crippen LogP contribution in [-0.2, 0) is 14.0 Å². The standard InChI is InChI=1S/C19H32O4Si/c1-15(21)22-16-13-18(2,3)17(11-9-8-10-12-20)19(4,14-16)23-24(5,6)7/h8-10,16,20H,12-14H2,1-7H3/b10-8+/t11?,16-,19+/m0/s1. The molecule has 0 spiro atoms. The first kappa shape index (κ1) is 20.9. The van der Waals surface area contributed by atoms with Gasteiger partial charge in [0.15, 0.2) is 8.32 Å². The average molecular weight is 353 g/mol. The number of ether oxygens (including phenoxy) is 1. The number of carbonyl (C=O) groups is 1. The molecule has 2 atom stereocenters. The van der Waals surface area contributed by atoms with Crippen molar-refractivity contribution in [2.75, 3.05) is 6.61 Å². The summed E-state index contributed by atoms with van der Waals surface area (Å²) in [4.78, 5) is 11.4. The zero-order valence-electron chi connectivity index (χ0n) is 16.1. The predicted octanol–water partition coefficient (Wildman–Crippen LogP) is 3.98. The minimum absolute atomic E-state index is 0.00804. The van der Waals surface area contributed by atoms with Crippen LogP contribution in [0.25, 0.3) is 0 Å². The zero-order valence-corrected chi connectivity index (χ0v) is 17.1. The molecule has 0 bridgehead atoms. The monoisotopic (exact) mass is 352 g/mol. The van der Waals surface area contributed by atoms with Gasteiger partial charge in [-0.05, 0) is 44.5 Å². The second-order valence-electron chi connectivity index (χ2n) is 8.27. The predicted molar refractivity (Wildman–Crippen MR) is 99.2 cm³/mol. The molecule has 24 heavy (non-hydrogen) atoms. The van der Waals surface area contributed by atoms with Crippen LogP contribution in [0.3, 0.4) is 0 Å². The fraction of sp³-hybridized carbons (Fsp3) is 0.684. The van der Waals surface area contributed by atoms with E-state index in [0.717, 1.165) is 12.0 Å². The molecule has 0 radical (unpaired) electrons. The molecule has 5 heteroatoms. The van der Waals surface area contributed by atoms with E-state index in [-0.39, 0.29) is 24.1 Å². The lowest BCUT2D eigenvalue weighted by Gasteiger charge is -2.49. The summed E-state index contributed by atoms with van der Waals surface area (Å²) in [5, 5.41) is 8.87. The number of hydrogen-bond donors (Lipinski definition) is 1. The molecule has 0 aromatic carbocycles. The molecule has 1 saturated carbocycles. The van der Waals surface area contributed by atoms with Crippen molar-refractivity contribution in [3.63, 3.8) is 0 Å². The van der Waals surface area contributed by atoms with E-state index in [0.29, 0.717) is 6.42 Å². The molecule has 1 fully saturated rings. The van der Waals surface area contributed by atoms with Gasteiger partial charge in [0.1, 0.15) is 6.10 Å². The van der Waals surface area contributed by atoms with Crippen molar-refractivity contribution in [2.45, 2.75) is 71.9 Å². The molecule has 4 nitrogen and oxygen atoms in total. The topological polar surface area (TPSA) is 55.8 Å². The summed E-state index contributed by atoms with van der Waals surface area (Å²) in [7, 11) is -1.82. The Bertz CT molecular complexity index is 550. The summed E-state index contributed by atoms with van der Waals surface area (Å²) in [5.41, 5.74) is 3.75. The van der Waals surface area contributed by atoms with Crippen molar-refractivity contribution in [2.24, 2.45) is 5.41 Å². The fourth-order valence-corrected chi connectivity index (χ4v) is 5.23. The van der Waals surface area contributed by atoms with Gasteiger partial charge in [-0.15, -0.1) is 5.73 Å². The van der Waals surface area contributed by atoms with E-state index in [9.17, 15) is 4.79 Å². The van der Waals surface area contributed by atoms with Gasteiger partial charge in [-0.3, -0.25) is 4.79 Å². The zero-order chi connectivity index (χ0) is 18.6. The SMILES string of the molecule is CC(=O)O[C@H]1CC(C)(C)C(=C=C/C=C/CO)[C@](C)(O[Si](C)(C)C)C1. The van der Waals surface area contributed by atoms with Gasteiger partial charge in [-0.25, -0.2) is 0 Å². The normalized spacial score (nSPS) is 27.0. The van der Waals surface area contributed by atoms with Crippen LogP contribution in [-0.4, -0.2) is 37.7 Å². The largest absolute Gasteiger partial charge is 0.462 e. The van der Waals surface area contributed by atoms with Crippen LogP contribution >= 0.6 is 0 Å². The summed E-state index contributed by atoms with van der Waals surface area (Å²) in [6.45, 7) is 14.3. The Kier molecular flexibility index (Phi) is 6.82. The van der Waals surface area contributed by atoms with Crippen LogP contribution in [0.15, 0.2) is 29.5 Å². The van der Waals surface area contributed by atoms with E-state index in [4.69, 9.17) is 14.3 Å². The molecule has 1 aliphatic carbocycles.